The maximum absolute atomic E-state index is 6.51. The molecule has 2 heterocycles. The summed E-state index contributed by atoms with van der Waals surface area (Å²) in [5, 5.41) is 16.2. The van der Waals surface area contributed by atoms with E-state index in [9.17, 15) is 0 Å². The van der Waals surface area contributed by atoms with Crippen molar-refractivity contribution in [3.05, 3.63) is 65.1 Å². The number of halogens is 1. The smallest absolute Gasteiger partial charge is 0.191 e. The number of rotatable bonds is 10. The molecule has 166 valence electrons. The molecule has 3 aromatic rings. The van der Waals surface area contributed by atoms with Crippen molar-refractivity contribution in [1.82, 2.24) is 30.1 Å². The predicted molar refractivity (Wildman–Crippen MR) is 128 cm³/mol. The Kier molecular flexibility index (Phi) is 8.67. The Morgan fingerprint density at radius 3 is 2.61 bits per heavy atom. The minimum absolute atomic E-state index is 0.171. The molecule has 31 heavy (non-hydrogen) atoms. The summed E-state index contributed by atoms with van der Waals surface area (Å²) in [5.41, 5.74) is 2.01. The highest BCUT2D eigenvalue weighted by atomic mass is 35.5. The van der Waals surface area contributed by atoms with Gasteiger partial charge in [-0.2, -0.15) is 0 Å². The van der Waals surface area contributed by atoms with Gasteiger partial charge in [-0.3, -0.25) is 14.3 Å². The molecule has 1 atom stereocenters. The molecule has 0 fully saturated rings. The summed E-state index contributed by atoms with van der Waals surface area (Å²) in [5.74, 6) is 1.76. The normalized spacial score (nSPS) is 13.0. The number of benzene rings is 1. The fourth-order valence-corrected chi connectivity index (χ4v) is 4.04. The Morgan fingerprint density at radius 1 is 1.10 bits per heavy atom. The van der Waals surface area contributed by atoms with E-state index in [0.29, 0.717) is 0 Å². The molecule has 0 aliphatic rings. The standard InChI is InChI=1S/C23H32ClN7/c1-4-30(5-2)20(18-11-6-7-12-19(18)24)17-27-23(25-3)26-15-10-14-22-29-28-21-13-8-9-16-31(21)22/h6-9,11-13,16,20H,4-5,10,14-15,17H2,1-3H3,(H2,25,26,27). The number of nitrogens with zero attached hydrogens (tertiary/aromatic N) is 5. The van der Waals surface area contributed by atoms with Crippen LogP contribution in [-0.2, 0) is 6.42 Å². The summed E-state index contributed by atoms with van der Waals surface area (Å²) in [6.07, 6.45) is 3.78. The Balaban J connectivity index is 1.54. The Morgan fingerprint density at radius 2 is 1.87 bits per heavy atom. The lowest BCUT2D eigenvalue weighted by Gasteiger charge is -2.31. The Bertz CT molecular complexity index is 981. The van der Waals surface area contributed by atoms with E-state index >= 15 is 0 Å². The molecule has 0 saturated heterocycles. The van der Waals surface area contributed by atoms with Gasteiger partial charge in [0, 0.05) is 37.8 Å². The maximum atomic E-state index is 6.51. The average Bonchev–Trinajstić information content (AvgIpc) is 3.21. The van der Waals surface area contributed by atoms with Gasteiger partial charge in [0.15, 0.2) is 11.6 Å². The van der Waals surface area contributed by atoms with Crippen LogP contribution >= 0.6 is 11.6 Å². The van der Waals surface area contributed by atoms with Crippen LogP contribution < -0.4 is 10.6 Å². The summed E-state index contributed by atoms with van der Waals surface area (Å²) in [7, 11) is 1.79. The van der Waals surface area contributed by atoms with Gasteiger partial charge in [-0.15, -0.1) is 10.2 Å². The largest absolute Gasteiger partial charge is 0.356 e. The number of aliphatic imine (C=N–C) groups is 1. The zero-order chi connectivity index (χ0) is 22.1. The first-order valence-electron chi connectivity index (χ1n) is 10.9. The highest BCUT2D eigenvalue weighted by Crippen LogP contribution is 2.26. The van der Waals surface area contributed by atoms with E-state index in [0.717, 1.165) is 67.0 Å². The number of hydrogen-bond donors (Lipinski definition) is 2. The number of pyridine rings is 1. The minimum Gasteiger partial charge on any atom is -0.356 e. The highest BCUT2D eigenvalue weighted by molar-refractivity contribution is 6.31. The number of aromatic nitrogens is 3. The van der Waals surface area contributed by atoms with E-state index in [1.807, 2.05) is 47.0 Å². The van der Waals surface area contributed by atoms with Crippen molar-refractivity contribution < 1.29 is 0 Å². The van der Waals surface area contributed by atoms with Crippen LogP contribution in [0.1, 0.15) is 37.7 Å². The molecule has 0 aliphatic carbocycles. The molecule has 0 spiro atoms. The van der Waals surface area contributed by atoms with Gasteiger partial charge in [0.25, 0.3) is 0 Å². The minimum atomic E-state index is 0.171. The third-order valence-corrected chi connectivity index (χ3v) is 5.80. The van der Waals surface area contributed by atoms with E-state index in [4.69, 9.17) is 11.6 Å². The molecule has 2 N–H and O–H groups in total. The summed E-state index contributed by atoms with van der Waals surface area (Å²) in [6, 6.07) is 14.2. The van der Waals surface area contributed by atoms with Crippen LogP contribution in [0.25, 0.3) is 5.65 Å². The molecule has 7 nitrogen and oxygen atoms in total. The molecular formula is C23H32ClN7. The van der Waals surface area contributed by atoms with Crippen LogP contribution in [0.15, 0.2) is 53.7 Å². The van der Waals surface area contributed by atoms with Gasteiger partial charge in [-0.25, -0.2) is 0 Å². The second-order valence-electron chi connectivity index (χ2n) is 7.29. The average molecular weight is 442 g/mol. The molecule has 1 aromatic carbocycles. The van der Waals surface area contributed by atoms with Gasteiger partial charge in [0.1, 0.15) is 5.82 Å². The van der Waals surface area contributed by atoms with Crippen LogP contribution in [0.4, 0.5) is 0 Å². The van der Waals surface area contributed by atoms with Crippen molar-refractivity contribution >= 4 is 23.2 Å². The topological polar surface area (TPSA) is 69.8 Å². The molecular weight excluding hydrogens is 410 g/mol. The molecule has 0 radical (unpaired) electrons. The molecule has 0 saturated carbocycles. The Hall–Kier alpha value is -2.64. The second-order valence-corrected chi connectivity index (χ2v) is 7.69. The van der Waals surface area contributed by atoms with E-state index in [-0.39, 0.29) is 6.04 Å². The number of guanidine groups is 1. The number of likely N-dealkylation sites (N-methyl/N-ethyl adjacent to an activating group) is 1. The van der Waals surface area contributed by atoms with Gasteiger partial charge >= 0.3 is 0 Å². The maximum Gasteiger partial charge on any atom is 0.191 e. The number of aryl methyl sites for hydroxylation is 1. The van der Waals surface area contributed by atoms with E-state index < -0.39 is 0 Å². The summed E-state index contributed by atoms with van der Waals surface area (Å²) >= 11 is 6.51. The molecule has 0 aliphatic heterocycles. The van der Waals surface area contributed by atoms with Crippen LogP contribution in [0.3, 0.4) is 0 Å². The van der Waals surface area contributed by atoms with Gasteiger partial charge in [0.05, 0.1) is 6.04 Å². The van der Waals surface area contributed by atoms with Crippen molar-refractivity contribution in [2.24, 2.45) is 4.99 Å². The van der Waals surface area contributed by atoms with Crippen LogP contribution in [0.5, 0.6) is 0 Å². The number of fused-ring (bicyclic) bond motifs is 1. The predicted octanol–water partition coefficient (Wildman–Crippen LogP) is 3.56. The fourth-order valence-electron chi connectivity index (χ4n) is 3.77. The van der Waals surface area contributed by atoms with Crippen molar-refractivity contribution in [2.75, 3.05) is 33.2 Å². The molecule has 8 heteroatoms. The summed E-state index contributed by atoms with van der Waals surface area (Å²) in [6.45, 7) is 7.77. The van der Waals surface area contributed by atoms with Crippen molar-refractivity contribution in [3.8, 4) is 0 Å². The Labute approximate surface area is 189 Å². The first-order chi connectivity index (χ1) is 15.2. The van der Waals surface area contributed by atoms with Gasteiger partial charge in [-0.05, 0) is 43.3 Å². The third kappa shape index (κ3) is 5.95. The monoisotopic (exact) mass is 441 g/mol. The molecule has 0 bridgehead atoms. The first kappa shape index (κ1) is 23.0. The van der Waals surface area contributed by atoms with E-state index in [2.05, 4.69) is 50.6 Å². The van der Waals surface area contributed by atoms with E-state index in [1.54, 1.807) is 7.05 Å². The lowest BCUT2D eigenvalue weighted by Crippen LogP contribution is -2.43. The van der Waals surface area contributed by atoms with Crippen LogP contribution in [-0.4, -0.2) is 58.7 Å². The van der Waals surface area contributed by atoms with Gasteiger partial charge in [0.2, 0.25) is 0 Å². The molecule has 0 amide bonds. The van der Waals surface area contributed by atoms with E-state index in [1.165, 1.54) is 0 Å². The van der Waals surface area contributed by atoms with Gasteiger partial charge < -0.3 is 10.6 Å². The summed E-state index contributed by atoms with van der Waals surface area (Å²) in [4.78, 5) is 6.78. The summed E-state index contributed by atoms with van der Waals surface area (Å²) < 4.78 is 2.03. The number of hydrogen-bond acceptors (Lipinski definition) is 4. The quantitative estimate of drug-likeness (QED) is 0.286. The lowest BCUT2D eigenvalue weighted by molar-refractivity contribution is 0.219. The zero-order valence-electron chi connectivity index (χ0n) is 18.6. The third-order valence-electron chi connectivity index (χ3n) is 5.46. The zero-order valence-corrected chi connectivity index (χ0v) is 19.3. The molecule has 3 rings (SSSR count). The first-order valence-corrected chi connectivity index (χ1v) is 11.3. The number of nitrogens with one attached hydrogen (secondary N) is 2. The lowest BCUT2D eigenvalue weighted by atomic mass is 10.0. The van der Waals surface area contributed by atoms with Gasteiger partial charge in [-0.1, -0.05) is 49.7 Å². The molecule has 2 aromatic heterocycles. The second kappa shape index (κ2) is 11.7. The van der Waals surface area contributed by atoms with Crippen LogP contribution in [0.2, 0.25) is 5.02 Å². The fraction of sp³-hybridized carbons (Fsp3) is 0.435. The van der Waals surface area contributed by atoms with Crippen molar-refractivity contribution in [3.63, 3.8) is 0 Å². The van der Waals surface area contributed by atoms with Crippen molar-refractivity contribution in [2.45, 2.75) is 32.7 Å². The molecule has 1 unspecified atom stereocenters. The SMILES string of the molecule is CCN(CC)C(CNC(=NC)NCCCc1nnc2ccccn12)c1ccccc1Cl. The van der Waals surface area contributed by atoms with Crippen LogP contribution in [0, 0.1) is 0 Å². The highest BCUT2D eigenvalue weighted by Gasteiger charge is 2.20. The van der Waals surface area contributed by atoms with Crippen molar-refractivity contribution in [1.29, 1.82) is 0 Å².